The third-order valence-corrected chi connectivity index (χ3v) is 3.93. The van der Waals surface area contributed by atoms with E-state index in [0.717, 1.165) is 33.7 Å². The third kappa shape index (κ3) is 1.53. The Morgan fingerprint density at radius 2 is 1.73 bits per heavy atom. The zero-order valence-electron chi connectivity index (χ0n) is 11.6. The fourth-order valence-corrected chi connectivity index (χ4v) is 2.94. The van der Waals surface area contributed by atoms with Gasteiger partial charge in [-0.15, -0.1) is 0 Å². The van der Waals surface area contributed by atoms with Gasteiger partial charge in [-0.3, -0.25) is 4.98 Å². The van der Waals surface area contributed by atoms with Gasteiger partial charge in [0.1, 0.15) is 5.69 Å². The van der Waals surface area contributed by atoms with Crippen molar-refractivity contribution in [3.63, 3.8) is 0 Å². The monoisotopic (exact) mass is 288 g/mol. The Morgan fingerprint density at radius 3 is 2.55 bits per heavy atom. The number of para-hydroxylation sites is 2. The van der Waals surface area contributed by atoms with Gasteiger partial charge in [0.25, 0.3) is 5.85 Å². The lowest BCUT2D eigenvalue weighted by Crippen LogP contribution is -2.50. The number of rotatable bonds is 0. The average Bonchev–Trinajstić information content (AvgIpc) is 2.91. The standard InChI is InChI=1S/C17H12N4O/c1-2-6-14-13(5-1)20-17(21-14)10-19-16-11-4-3-9-18-12(11)7-8-15(16)22-17/h1-10,20-21H. The number of pyridine rings is 1. The van der Waals surface area contributed by atoms with Crippen LogP contribution >= 0.6 is 0 Å². The number of aromatic nitrogens is 1. The normalized spacial score (nSPS) is 16.5. The first-order valence-electron chi connectivity index (χ1n) is 7.10. The Kier molecular flexibility index (Phi) is 2.09. The molecule has 5 nitrogen and oxygen atoms in total. The van der Waals surface area contributed by atoms with Crippen LogP contribution in [0, 0.1) is 0 Å². The van der Waals surface area contributed by atoms with Crippen LogP contribution in [0.1, 0.15) is 0 Å². The molecule has 0 saturated carbocycles. The highest BCUT2D eigenvalue weighted by Crippen LogP contribution is 2.42. The number of ether oxygens (including phenoxy) is 1. The van der Waals surface area contributed by atoms with Crippen LogP contribution in [0.25, 0.3) is 10.9 Å². The molecule has 5 heteroatoms. The average molecular weight is 288 g/mol. The maximum absolute atomic E-state index is 6.17. The molecule has 5 rings (SSSR count). The summed E-state index contributed by atoms with van der Waals surface area (Å²) in [5, 5.41) is 7.67. The van der Waals surface area contributed by atoms with Crippen LogP contribution in [0.5, 0.6) is 5.75 Å². The Labute approximate surface area is 126 Å². The van der Waals surface area contributed by atoms with E-state index in [1.807, 2.05) is 48.5 Å². The van der Waals surface area contributed by atoms with Crippen molar-refractivity contribution < 1.29 is 4.74 Å². The molecule has 0 amide bonds. The predicted molar refractivity (Wildman–Crippen MR) is 86.9 cm³/mol. The van der Waals surface area contributed by atoms with Gasteiger partial charge in [-0.2, -0.15) is 0 Å². The molecule has 0 bridgehead atoms. The number of hydrogen-bond donors (Lipinski definition) is 2. The summed E-state index contributed by atoms with van der Waals surface area (Å²) in [5.41, 5.74) is 3.73. The van der Waals surface area contributed by atoms with Gasteiger partial charge < -0.3 is 15.4 Å². The smallest absolute Gasteiger partial charge is 0.297 e. The molecule has 2 aromatic carbocycles. The van der Waals surface area contributed by atoms with Gasteiger partial charge in [-0.1, -0.05) is 12.1 Å². The summed E-state index contributed by atoms with van der Waals surface area (Å²) in [6.45, 7) is 0. The van der Waals surface area contributed by atoms with E-state index >= 15 is 0 Å². The zero-order valence-corrected chi connectivity index (χ0v) is 11.6. The van der Waals surface area contributed by atoms with E-state index < -0.39 is 5.85 Å². The molecular formula is C17H12N4O. The first kappa shape index (κ1) is 11.6. The highest BCUT2D eigenvalue weighted by atomic mass is 16.5. The second kappa shape index (κ2) is 3.98. The van der Waals surface area contributed by atoms with Gasteiger partial charge in [-0.25, -0.2) is 4.99 Å². The van der Waals surface area contributed by atoms with E-state index in [4.69, 9.17) is 4.74 Å². The number of anilines is 2. The predicted octanol–water partition coefficient (Wildman–Crippen LogP) is 3.52. The maximum Gasteiger partial charge on any atom is 0.297 e. The zero-order chi connectivity index (χ0) is 14.6. The molecule has 2 N–H and O–H groups in total. The SMILES string of the molecule is C1=Nc2c(ccc3ncccc23)OC12Nc1ccccc1N2. The summed E-state index contributed by atoms with van der Waals surface area (Å²) in [4.78, 5) is 8.97. The second-order valence-electron chi connectivity index (χ2n) is 5.37. The molecule has 0 atom stereocenters. The van der Waals surface area contributed by atoms with Crippen LogP contribution in [0.15, 0.2) is 59.7 Å². The molecule has 0 radical (unpaired) electrons. The van der Waals surface area contributed by atoms with E-state index in [1.165, 1.54) is 0 Å². The lowest BCUT2D eigenvalue weighted by Gasteiger charge is -2.31. The molecule has 0 unspecified atom stereocenters. The van der Waals surface area contributed by atoms with Gasteiger partial charge in [0.2, 0.25) is 0 Å². The van der Waals surface area contributed by atoms with Crippen LogP contribution in [0.2, 0.25) is 0 Å². The van der Waals surface area contributed by atoms with Crippen LogP contribution in [-0.4, -0.2) is 17.0 Å². The van der Waals surface area contributed by atoms with Crippen molar-refractivity contribution in [2.45, 2.75) is 5.85 Å². The summed E-state index contributed by atoms with van der Waals surface area (Å²) in [5.74, 6) is -0.0946. The molecule has 2 aliphatic rings. The molecule has 0 saturated heterocycles. The molecule has 2 aliphatic heterocycles. The molecular weight excluding hydrogens is 276 g/mol. The number of hydrogen-bond acceptors (Lipinski definition) is 5. The highest BCUT2D eigenvalue weighted by molar-refractivity contribution is 5.98. The quantitative estimate of drug-likeness (QED) is 0.664. The maximum atomic E-state index is 6.17. The Bertz CT molecular complexity index is 910. The van der Waals surface area contributed by atoms with Gasteiger partial charge in [0.05, 0.1) is 23.1 Å². The molecule has 3 heterocycles. The largest absolute Gasteiger partial charge is 0.443 e. The second-order valence-corrected chi connectivity index (χ2v) is 5.37. The van der Waals surface area contributed by atoms with Gasteiger partial charge in [-0.05, 0) is 36.4 Å². The molecule has 1 aromatic heterocycles. The van der Waals surface area contributed by atoms with Crippen molar-refractivity contribution in [3.8, 4) is 5.75 Å². The molecule has 0 fully saturated rings. The highest BCUT2D eigenvalue weighted by Gasteiger charge is 2.39. The van der Waals surface area contributed by atoms with E-state index in [-0.39, 0.29) is 0 Å². The van der Waals surface area contributed by atoms with Gasteiger partial charge in [0, 0.05) is 11.6 Å². The van der Waals surface area contributed by atoms with Crippen LogP contribution in [0.4, 0.5) is 17.1 Å². The van der Waals surface area contributed by atoms with Crippen molar-refractivity contribution >= 4 is 34.2 Å². The Hall–Kier alpha value is -3.08. The summed E-state index contributed by atoms with van der Waals surface area (Å²) in [7, 11) is 0. The molecule has 0 aliphatic carbocycles. The number of benzene rings is 2. The number of fused-ring (bicyclic) bond motifs is 4. The fraction of sp³-hybridized carbons (Fsp3) is 0.0588. The molecule has 22 heavy (non-hydrogen) atoms. The van der Waals surface area contributed by atoms with Crippen LogP contribution in [-0.2, 0) is 0 Å². The Morgan fingerprint density at radius 1 is 0.909 bits per heavy atom. The number of nitrogens with zero attached hydrogens (tertiary/aromatic N) is 2. The summed E-state index contributed by atoms with van der Waals surface area (Å²) < 4.78 is 6.17. The minimum Gasteiger partial charge on any atom is -0.443 e. The number of nitrogens with one attached hydrogen (secondary N) is 2. The summed E-state index contributed by atoms with van der Waals surface area (Å²) >= 11 is 0. The van der Waals surface area contributed by atoms with Gasteiger partial charge >= 0.3 is 0 Å². The fourth-order valence-electron chi connectivity index (χ4n) is 2.94. The molecule has 106 valence electrons. The Balaban J connectivity index is 1.61. The van der Waals surface area contributed by atoms with Crippen LogP contribution < -0.4 is 15.4 Å². The van der Waals surface area contributed by atoms with Crippen molar-refractivity contribution in [1.29, 1.82) is 0 Å². The third-order valence-electron chi connectivity index (χ3n) is 3.93. The first-order valence-corrected chi connectivity index (χ1v) is 7.10. The number of aliphatic imine (C=N–C) groups is 1. The minimum absolute atomic E-state index is 0.732. The first-order chi connectivity index (χ1) is 10.8. The summed E-state index contributed by atoms with van der Waals surface area (Å²) in [6.07, 6.45) is 3.54. The van der Waals surface area contributed by atoms with Crippen molar-refractivity contribution in [2.24, 2.45) is 4.99 Å². The van der Waals surface area contributed by atoms with Crippen molar-refractivity contribution in [3.05, 3.63) is 54.7 Å². The van der Waals surface area contributed by atoms with E-state index in [9.17, 15) is 0 Å². The minimum atomic E-state index is -0.827. The lowest BCUT2D eigenvalue weighted by atomic mass is 10.1. The van der Waals surface area contributed by atoms with Crippen LogP contribution in [0.3, 0.4) is 0 Å². The summed E-state index contributed by atoms with van der Waals surface area (Å²) in [6, 6.07) is 15.8. The van der Waals surface area contributed by atoms with E-state index in [2.05, 4.69) is 20.6 Å². The van der Waals surface area contributed by atoms with Crippen molar-refractivity contribution in [1.82, 2.24) is 4.98 Å². The van der Waals surface area contributed by atoms with Gasteiger partial charge in [0.15, 0.2) is 5.75 Å². The van der Waals surface area contributed by atoms with E-state index in [1.54, 1.807) is 12.4 Å². The topological polar surface area (TPSA) is 58.5 Å². The molecule has 1 spiro atoms. The van der Waals surface area contributed by atoms with Crippen molar-refractivity contribution in [2.75, 3.05) is 10.6 Å². The molecule has 3 aromatic rings. The van der Waals surface area contributed by atoms with E-state index in [0.29, 0.717) is 0 Å². The lowest BCUT2D eigenvalue weighted by molar-refractivity contribution is 0.208.